The topological polar surface area (TPSA) is 72.7 Å². The van der Waals surface area contributed by atoms with Crippen molar-refractivity contribution in [3.8, 4) is 5.75 Å². The molecule has 6 heteroatoms. The number of carbonyl (C=O) groups is 1. The summed E-state index contributed by atoms with van der Waals surface area (Å²) < 4.78 is 5.70. The summed E-state index contributed by atoms with van der Waals surface area (Å²) in [4.78, 5) is 24.1. The molecule has 0 aliphatic carbocycles. The maximum Gasteiger partial charge on any atom is 0.269 e. The van der Waals surface area contributed by atoms with Crippen LogP contribution in [0.25, 0.3) is 0 Å². The Morgan fingerprint density at radius 1 is 1.40 bits per heavy atom. The second-order valence-corrected chi connectivity index (χ2v) is 5.57. The van der Waals surface area contributed by atoms with Crippen molar-refractivity contribution in [3.05, 3.63) is 33.9 Å². The number of amides is 1. The minimum atomic E-state index is -0.389. The highest BCUT2D eigenvalue weighted by Crippen LogP contribution is 2.46. The normalized spacial score (nSPS) is 25.2. The fourth-order valence-corrected chi connectivity index (χ4v) is 3.05. The summed E-state index contributed by atoms with van der Waals surface area (Å²) in [5.41, 5.74) is 0.703. The number of hydrogen-bond acceptors (Lipinski definition) is 4. The first-order chi connectivity index (χ1) is 9.52. The van der Waals surface area contributed by atoms with Gasteiger partial charge < -0.3 is 9.64 Å². The Balaban J connectivity index is 2.00. The van der Waals surface area contributed by atoms with E-state index in [2.05, 4.69) is 0 Å². The molecule has 1 saturated heterocycles. The van der Waals surface area contributed by atoms with Gasteiger partial charge in [-0.1, -0.05) is 0 Å². The number of likely N-dealkylation sites (tertiary alicyclic amines) is 1. The molecule has 0 N–H and O–H groups in total. The van der Waals surface area contributed by atoms with E-state index in [4.69, 9.17) is 4.74 Å². The van der Waals surface area contributed by atoms with E-state index >= 15 is 0 Å². The SMILES string of the molecule is CN1CCC2(CCC1=O)COc1ccc([N+](=O)[O-])cc12. The number of rotatable bonds is 1. The molecule has 1 atom stereocenters. The first-order valence-electron chi connectivity index (χ1n) is 6.67. The molecule has 1 aromatic rings. The van der Waals surface area contributed by atoms with Crippen LogP contribution in [-0.2, 0) is 10.2 Å². The highest BCUT2D eigenvalue weighted by Gasteiger charge is 2.43. The molecule has 1 unspecified atom stereocenters. The predicted octanol–water partition coefficient (Wildman–Crippen LogP) is 1.87. The Bertz CT molecular complexity index is 587. The summed E-state index contributed by atoms with van der Waals surface area (Å²) in [6.07, 6.45) is 1.93. The molecule has 0 radical (unpaired) electrons. The molecule has 2 heterocycles. The molecular formula is C14H16N2O4. The minimum absolute atomic E-state index is 0.0811. The summed E-state index contributed by atoms with van der Waals surface area (Å²) in [6.45, 7) is 1.16. The minimum Gasteiger partial charge on any atom is -0.492 e. The lowest BCUT2D eigenvalue weighted by atomic mass is 9.76. The van der Waals surface area contributed by atoms with Crippen LogP contribution in [0, 0.1) is 10.1 Å². The number of fused-ring (bicyclic) bond motifs is 2. The van der Waals surface area contributed by atoms with E-state index in [1.54, 1.807) is 24.1 Å². The van der Waals surface area contributed by atoms with Crippen LogP contribution >= 0.6 is 0 Å². The third-order valence-corrected chi connectivity index (χ3v) is 4.42. The van der Waals surface area contributed by atoms with Crippen molar-refractivity contribution in [1.82, 2.24) is 4.90 Å². The molecule has 0 saturated carbocycles. The number of benzene rings is 1. The van der Waals surface area contributed by atoms with Gasteiger partial charge in [0.2, 0.25) is 5.91 Å². The zero-order valence-electron chi connectivity index (χ0n) is 11.3. The molecule has 106 valence electrons. The molecule has 1 amide bonds. The van der Waals surface area contributed by atoms with Gasteiger partial charge in [0.15, 0.2) is 0 Å². The molecule has 1 spiro atoms. The Hall–Kier alpha value is -2.11. The van der Waals surface area contributed by atoms with Crippen molar-refractivity contribution in [2.75, 3.05) is 20.2 Å². The van der Waals surface area contributed by atoms with Crippen molar-refractivity contribution in [2.45, 2.75) is 24.7 Å². The van der Waals surface area contributed by atoms with Crippen molar-refractivity contribution in [1.29, 1.82) is 0 Å². The van der Waals surface area contributed by atoms with Gasteiger partial charge in [0.05, 0.1) is 11.5 Å². The van der Waals surface area contributed by atoms with Crippen LogP contribution in [0.5, 0.6) is 5.75 Å². The van der Waals surface area contributed by atoms with Gasteiger partial charge >= 0.3 is 0 Å². The quantitative estimate of drug-likeness (QED) is 0.580. The van der Waals surface area contributed by atoms with E-state index in [-0.39, 0.29) is 21.9 Å². The first kappa shape index (κ1) is 12.9. The van der Waals surface area contributed by atoms with E-state index in [9.17, 15) is 14.9 Å². The van der Waals surface area contributed by atoms with Crippen LogP contribution in [0.3, 0.4) is 0 Å². The molecule has 2 aliphatic rings. The monoisotopic (exact) mass is 276 g/mol. The van der Waals surface area contributed by atoms with Gasteiger partial charge in [-0.3, -0.25) is 14.9 Å². The van der Waals surface area contributed by atoms with E-state index < -0.39 is 0 Å². The van der Waals surface area contributed by atoms with Gasteiger partial charge in [-0.2, -0.15) is 0 Å². The van der Waals surface area contributed by atoms with Crippen molar-refractivity contribution in [2.24, 2.45) is 0 Å². The molecule has 3 rings (SSSR count). The Labute approximate surface area is 116 Å². The number of ether oxygens (including phenoxy) is 1. The molecule has 1 aromatic carbocycles. The Morgan fingerprint density at radius 2 is 2.20 bits per heavy atom. The molecule has 20 heavy (non-hydrogen) atoms. The lowest BCUT2D eigenvalue weighted by Gasteiger charge is -2.25. The largest absolute Gasteiger partial charge is 0.492 e. The lowest BCUT2D eigenvalue weighted by molar-refractivity contribution is -0.385. The average molecular weight is 276 g/mol. The van der Waals surface area contributed by atoms with Crippen molar-refractivity contribution >= 4 is 11.6 Å². The zero-order chi connectivity index (χ0) is 14.3. The fraction of sp³-hybridized carbons (Fsp3) is 0.500. The number of non-ortho nitro benzene ring substituents is 1. The molecular weight excluding hydrogens is 260 g/mol. The van der Waals surface area contributed by atoms with Crippen LogP contribution in [0.4, 0.5) is 5.69 Å². The predicted molar refractivity (Wildman–Crippen MR) is 71.8 cm³/mol. The van der Waals surface area contributed by atoms with Crippen LogP contribution < -0.4 is 4.74 Å². The number of carbonyl (C=O) groups excluding carboxylic acids is 1. The maximum atomic E-state index is 11.8. The van der Waals surface area contributed by atoms with Crippen LogP contribution in [0.2, 0.25) is 0 Å². The number of nitrogens with zero attached hydrogens (tertiary/aromatic N) is 2. The highest BCUT2D eigenvalue weighted by atomic mass is 16.6. The van der Waals surface area contributed by atoms with Gasteiger partial charge in [0.25, 0.3) is 5.69 Å². The fourth-order valence-electron chi connectivity index (χ4n) is 3.05. The van der Waals surface area contributed by atoms with Gasteiger partial charge in [-0.15, -0.1) is 0 Å². The van der Waals surface area contributed by atoms with Crippen molar-refractivity contribution in [3.63, 3.8) is 0 Å². The smallest absolute Gasteiger partial charge is 0.269 e. The standard InChI is InChI=1S/C14H16N2O4/c1-15-7-6-14(5-4-13(15)17)9-20-12-3-2-10(16(18)19)8-11(12)14/h2-3,8H,4-7,9H2,1H3. The van der Waals surface area contributed by atoms with E-state index in [0.29, 0.717) is 31.7 Å². The molecule has 0 bridgehead atoms. The molecule has 6 nitrogen and oxygen atoms in total. The molecule has 1 fully saturated rings. The van der Waals surface area contributed by atoms with Gasteiger partial charge in [-0.25, -0.2) is 0 Å². The second-order valence-electron chi connectivity index (χ2n) is 5.57. The zero-order valence-corrected chi connectivity index (χ0v) is 11.3. The first-order valence-corrected chi connectivity index (χ1v) is 6.67. The summed E-state index contributed by atoms with van der Waals surface area (Å²) in [6, 6.07) is 4.74. The summed E-state index contributed by atoms with van der Waals surface area (Å²) in [7, 11) is 1.80. The van der Waals surface area contributed by atoms with E-state index in [1.807, 2.05) is 0 Å². The highest BCUT2D eigenvalue weighted by molar-refractivity contribution is 5.76. The maximum absolute atomic E-state index is 11.8. The third-order valence-electron chi connectivity index (χ3n) is 4.42. The van der Waals surface area contributed by atoms with E-state index in [0.717, 1.165) is 12.0 Å². The second kappa shape index (κ2) is 4.47. The summed E-state index contributed by atoms with van der Waals surface area (Å²) in [5, 5.41) is 10.9. The van der Waals surface area contributed by atoms with Crippen LogP contribution in [0.1, 0.15) is 24.8 Å². The lowest BCUT2D eigenvalue weighted by Crippen LogP contribution is -2.30. The number of nitro groups is 1. The summed E-state index contributed by atoms with van der Waals surface area (Å²) >= 11 is 0. The molecule has 0 aromatic heterocycles. The van der Waals surface area contributed by atoms with Crippen LogP contribution in [-0.4, -0.2) is 35.9 Å². The van der Waals surface area contributed by atoms with Gasteiger partial charge in [-0.05, 0) is 18.9 Å². The summed E-state index contributed by atoms with van der Waals surface area (Å²) in [5.74, 6) is 0.841. The van der Waals surface area contributed by atoms with Crippen LogP contribution in [0.15, 0.2) is 18.2 Å². The Morgan fingerprint density at radius 3 is 2.95 bits per heavy atom. The number of hydrogen-bond donors (Lipinski definition) is 0. The Kier molecular flexibility index (Phi) is 2.88. The average Bonchev–Trinajstić information content (AvgIpc) is 2.73. The van der Waals surface area contributed by atoms with E-state index in [1.165, 1.54) is 6.07 Å². The third kappa shape index (κ3) is 1.92. The molecule has 2 aliphatic heterocycles. The van der Waals surface area contributed by atoms with Crippen molar-refractivity contribution < 1.29 is 14.5 Å². The van der Waals surface area contributed by atoms with Gasteiger partial charge in [0.1, 0.15) is 5.75 Å². The van der Waals surface area contributed by atoms with Gasteiger partial charge in [0, 0.05) is 43.1 Å². The number of nitro benzene ring substituents is 1.